The molecule has 1 unspecified atom stereocenters. The molecule has 1 atom stereocenters. The van der Waals surface area contributed by atoms with Crippen molar-refractivity contribution in [1.82, 2.24) is 0 Å². The highest BCUT2D eigenvalue weighted by atomic mass is 19.4. The molecule has 2 N–H and O–H groups in total. The van der Waals surface area contributed by atoms with Crippen molar-refractivity contribution < 1.29 is 27.1 Å². The molecule has 0 bridgehead atoms. The lowest BCUT2D eigenvalue weighted by atomic mass is 9.97. The van der Waals surface area contributed by atoms with Crippen LogP contribution in [0, 0.1) is 11.7 Å². The largest absolute Gasteiger partial charge is 0.466 e. The van der Waals surface area contributed by atoms with Crippen LogP contribution < -0.4 is 5.73 Å². The smallest absolute Gasteiger partial charge is 0.416 e. The van der Waals surface area contributed by atoms with Gasteiger partial charge >= 0.3 is 12.1 Å². The Bertz CT molecular complexity index is 474. The molecule has 0 radical (unpaired) electrons. The SMILES string of the molecule is CCOC(=O)C(CN)Cc1cc(F)cc(C(F)(F)F)c1. The number of hydrogen-bond donors (Lipinski definition) is 1. The van der Waals surface area contributed by atoms with Crippen LogP contribution in [0.2, 0.25) is 0 Å². The summed E-state index contributed by atoms with van der Waals surface area (Å²) in [6, 6.07) is 2.17. The predicted octanol–water partition coefficient (Wildman–Crippen LogP) is 2.53. The average molecular weight is 293 g/mol. The van der Waals surface area contributed by atoms with Gasteiger partial charge in [-0.1, -0.05) is 0 Å². The summed E-state index contributed by atoms with van der Waals surface area (Å²) in [5, 5.41) is 0. The lowest BCUT2D eigenvalue weighted by molar-refractivity contribution is -0.147. The Hall–Kier alpha value is -1.63. The van der Waals surface area contributed by atoms with Gasteiger partial charge in [-0.3, -0.25) is 4.79 Å². The summed E-state index contributed by atoms with van der Waals surface area (Å²) in [6.07, 6.45) is -4.74. The first-order chi connectivity index (χ1) is 9.27. The zero-order valence-electron chi connectivity index (χ0n) is 10.8. The molecule has 0 aliphatic heterocycles. The zero-order valence-corrected chi connectivity index (χ0v) is 10.8. The quantitative estimate of drug-likeness (QED) is 0.670. The van der Waals surface area contributed by atoms with Gasteiger partial charge < -0.3 is 10.5 Å². The summed E-state index contributed by atoms with van der Waals surface area (Å²) < 4.78 is 55.7. The van der Waals surface area contributed by atoms with Gasteiger partial charge in [0.05, 0.1) is 18.1 Å². The molecule has 1 aromatic rings. The van der Waals surface area contributed by atoms with Crippen molar-refractivity contribution >= 4 is 5.97 Å². The van der Waals surface area contributed by atoms with Crippen LogP contribution in [0.1, 0.15) is 18.1 Å². The second-order valence-corrected chi connectivity index (χ2v) is 4.23. The van der Waals surface area contributed by atoms with Crippen molar-refractivity contribution in [3.8, 4) is 0 Å². The maximum atomic E-state index is 13.2. The van der Waals surface area contributed by atoms with Gasteiger partial charge in [-0.15, -0.1) is 0 Å². The van der Waals surface area contributed by atoms with E-state index >= 15 is 0 Å². The highest BCUT2D eigenvalue weighted by Crippen LogP contribution is 2.30. The van der Waals surface area contributed by atoms with E-state index in [-0.39, 0.29) is 25.1 Å². The fourth-order valence-corrected chi connectivity index (χ4v) is 1.74. The summed E-state index contributed by atoms with van der Waals surface area (Å²) in [5.74, 6) is -2.40. The Morgan fingerprint density at radius 3 is 2.50 bits per heavy atom. The van der Waals surface area contributed by atoms with E-state index in [2.05, 4.69) is 0 Å². The van der Waals surface area contributed by atoms with Gasteiger partial charge in [-0.25, -0.2) is 4.39 Å². The van der Waals surface area contributed by atoms with Gasteiger partial charge in [0.15, 0.2) is 0 Å². The Morgan fingerprint density at radius 1 is 1.35 bits per heavy atom. The molecule has 0 fully saturated rings. The van der Waals surface area contributed by atoms with Crippen LogP contribution in [0.25, 0.3) is 0 Å². The van der Waals surface area contributed by atoms with Crippen LogP contribution in [-0.4, -0.2) is 19.1 Å². The number of benzene rings is 1. The molecule has 112 valence electrons. The van der Waals surface area contributed by atoms with Crippen LogP contribution in [-0.2, 0) is 22.1 Å². The van der Waals surface area contributed by atoms with Gasteiger partial charge in [-0.05, 0) is 37.1 Å². The van der Waals surface area contributed by atoms with Gasteiger partial charge in [0.1, 0.15) is 5.82 Å². The van der Waals surface area contributed by atoms with Gasteiger partial charge in [0, 0.05) is 6.54 Å². The summed E-state index contributed by atoms with van der Waals surface area (Å²) in [7, 11) is 0. The van der Waals surface area contributed by atoms with E-state index in [1.807, 2.05) is 0 Å². The minimum absolute atomic E-state index is 0.0563. The summed E-state index contributed by atoms with van der Waals surface area (Å²) in [4.78, 5) is 11.5. The number of esters is 1. The van der Waals surface area contributed by atoms with Gasteiger partial charge in [0.25, 0.3) is 0 Å². The Morgan fingerprint density at radius 2 is 2.00 bits per heavy atom. The van der Waals surface area contributed by atoms with Crippen LogP contribution in [0.5, 0.6) is 0 Å². The molecular formula is C13H15F4NO2. The summed E-state index contributed by atoms with van der Waals surface area (Å²) in [6.45, 7) is 1.67. The summed E-state index contributed by atoms with van der Waals surface area (Å²) in [5.41, 5.74) is 4.36. The minimum Gasteiger partial charge on any atom is -0.466 e. The third-order valence-corrected chi connectivity index (χ3v) is 2.67. The number of nitrogens with two attached hydrogens (primary N) is 1. The molecular weight excluding hydrogens is 278 g/mol. The number of alkyl halides is 3. The molecule has 1 rings (SSSR count). The molecule has 0 spiro atoms. The number of ether oxygens (including phenoxy) is 1. The number of rotatable bonds is 5. The number of hydrogen-bond acceptors (Lipinski definition) is 3. The standard InChI is InChI=1S/C13H15F4NO2/c1-2-20-12(19)9(7-18)3-8-4-10(13(15,16)17)6-11(14)5-8/h4-6,9H,2-3,7,18H2,1H3. The number of carbonyl (C=O) groups excluding carboxylic acids is 1. The number of carbonyl (C=O) groups is 1. The monoisotopic (exact) mass is 293 g/mol. The van der Waals surface area contributed by atoms with E-state index in [0.29, 0.717) is 6.07 Å². The molecule has 1 aromatic carbocycles. The first kappa shape index (κ1) is 16.4. The van der Waals surface area contributed by atoms with Crippen LogP contribution in [0.4, 0.5) is 17.6 Å². The number of halogens is 4. The van der Waals surface area contributed by atoms with Crippen molar-refractivity contribution in [1.29, 1.82) is 0 Å². The van der Waals surface area contributed by atoms with Crippen molar-refractivity contribution in [3.63, 3.8) is 0 Å². The van der Waals surface area contributed by atoms with E-state index < -0.39 is 29.4 Å². The van der Waals surface area contributed by atoms with Crippen molar-refractivity contribution in [2.75, 3.05) is 13.2 Å². The summed E-state index contributed by atoms with van der Waals surface area (Å²) >= 11 is 0. The second-order valence-electron chi connectivity index (χ2n) is 4.23. The molecule has 0 aliphatic carbocycles. The van der Waals surface area contributed by atoms with E-state index in [0.717, 1.165) is 12.1 Å². The van der Waals surface area contributed by atoms with E-state index in [1.165, 1.54) is 0 Å². The molecule has 7 heteroatoms. The third kappa shape index (κ3) is 4.48. The minimum atomic E-state index is -4.64. The molecule has 0 saturated heterocycles. The Kier molecular flexibility index (Phi) is 5.50. The lowest BCUT2D eigenvalue weighted by Gasteiger charge is -2.15. The van der Waals surface area contributed by atoms with Crippen molar-refractivity contribution in [3.05, 3.63) is 35.1 Å². The van der Waals surface area contributed by atoms with Crippen LogP contribution >= 0.6 is 0 Å². The van der Waals surface area contributed by atoms with Crippen molar-refractivity contribution in [2.45, 2.75) is 19.5 Å². The highest BCUT2D eigenvalue weighted by Gasteiger charge is 2.31. The molecule has 0 saturated carbocycles. The zero-order chi connectivity index (χ0) is 15.3. The van der Waals surface area contributed by atoms with Crippen LogP contribution in [0.3, 0.4) is 0 Å². The van der Waals surface area contributed by atoms with Gasteiger partial charge in [-0.2, -0.15) is 13.2 Å². The maximum Gasteiger partial charge on any atom is 0.416 e. The molecule has 0 aromatic heterocycles. The van der Waals surface area contributed by atoms with Crippen LogP contribution in [0.15, 0.2) is 18.2 Å². The van der Waals surface area contributed by atoms with E-state index in [4.69, 9.17) is 10.5 Å². The Balaban J connectivity index is 2.96. The van der Waals surface area contributed by atoms with Crippen molar-refractivity contribution in [2.24, 2.45) is 11.7 Å². The fraction of sp³-hybridized carbons (Fsp3) is 0.462. The lowest BCUT2D eigenvalue weighted by Crippen LogP contribution is -2.27. The second kappa shape index (κ2) is 6.69. The van der Waals surface area contributed by atoms with E-state index in [9.17, 15) is 22.4 Å². The highest BCUT2D eigenvalue weighted by molar-refractivity contribution is 5.73. The third-order valence-electron chi connectivity index (χ3n) is 2.67. The average Bonchev–Trinajstić information content (AvgIpc) is 2.34. The van der Waals surface area contributed by atoms with Gasteiger partial charge in [0.2, 0.25) is 0 Å². The fourth-order valence-electron chi connectivity index (χ4n) is 1.74. The molecule has 0 aliphatic rings. The Labute approximate surface area is 113 Å². The first-order valence-corrected chi connectivity index (χ1v) is 6.01. The topological polar surface area (TPSA) is 52.3 Å². The molecule has 0 heterocycles. The predicted molar refractivity (Wildman–Crippen MR) is 64.3 cm³/mol. The molecule has 0 amide bonds. The molecule has 20 heavy (non-hydrogen) atoms. The normalized spacial score (nSPS) is 13.1. The first-order valence-electron chi connectivity index (χ1n) is 6.01. The maximum absolute atomic E-state index is 13.2. The van der Waals surface area contributed by atoms with E-state index in [1.54, 1.807) is 6.92 Å². The molecule has 3 nitrogen and oxygen atoms in total.